The highest BCUT2D eigenvalue weighted by atomic mass is 16.5. The molecule has 2 aromatic rings. The second-order valence-electron chi connectivity index (χ2n) is 9.28. The summed E-state index contributed by atoms with van der Waals surface area (Å²) in [5, 5.41) is 14.7. The second kappa shape index (κ2) is 10.1. The van der Waals surface area contributed by atoms with E-state index in [0.29, 0.717) is 6.42 Å². The summed E-state index contributed by atoms with van der Waals surface area (Å²) in [4.78, 5) is 36.5. The summed E-state index contributed by atoms with van der Waals surface area (Å²) < 4.78 is 5.56. The van der Waals surface area contributed by atoms with Gasteiger partial charge in [0.1, 0.15) is 12.6 Å². The molecule has 1 aliphatic carbocycles. The van der Waals surface area contributed by atoms with Crippen molar-refractivity contribution in [3.8, 4) is 11.1 Å². The van der Waals surface area contributed by atoms with Crippen LogP contribution in [-0.4, -0.2) is 41.3 Å². The summed E-state index contributed by atoms with van der Waals surface area (Å²) in [5.41, 5.74) is 3.62. The van der Waals surface area contributed by atoms with Crippen LogP contribution in [0.1, 0.15) is 57.6 Å². The monoisotopic (exact) mass is 452 g/mol. The molecule has 2 unspecified atom stereocenters. The maximum atomic E-state index is 12.5. The molecule has 0 bridgehead atoms. The number of aliphatic carboxylic acids is 1. The fourth-order valence-electron chi connectivity index (χ4n) is 4.26. The SMILES string of the molecule is CCC(C)C(NC(=O)CC(C)(C)NC(=O)OCC1c2ccccc2-c2ccccc21)C(=O)O. The highest BCUT2D eigenvalue weighted by Gasteiger charge is 2.32. The number of hydrogen-bond acceptors (Lipinski definition) is 4. The lowest BCUT2D eigenvalue weighted by molar-refractivity contribution is -0.143. The topological polar surface area (TPSA) is 105 Å². The van der Waals surface area contributed by atoms with Crippen molar-refractivity contribution in [2.45, 2.75) is 58.0 Å². The first-order chi connectivity index (χ1) is 15.6. The first-order valence-corrected chi connectivity index (χ1v) is 11.3. The van der Waals surface area contributed by atoms with Gasteiger partial charge in [0.25, 0.3) is 0 Å². The molecule has 2 aromatic carbocycles. The molecule has 0 saturated heterocycles. The molecule has 0 fully saturated rings. The molecular weight excluding hydrogens is 420 g/mol. The van der Waals surface area contributed by atoms with Gasteiger partial charge in [-0.2, -0.15) is 0 Å². The van der Waals surface area contributed by atoms with Crippen LogP contribution >= 0.6 is 0 Å². The second-order valence-corrected chi connectivity index (χ2v) is 9.28. The minimum atomic E-state index is -1.07. The number of carboxylic acids is 1. The summed E-state index contributed by atoms with van der Waals surface area (Å²) >= 11 is 0. The number of amides is 2. The zero-order valence-corrected chi connectivity index (χ0v) is 19.6. The number of ether oxygens (including phenoxy) is 1. The Morgan fingerprint density at radius 1 is 1.03 bits per heavy atom. The normalized spacial score (nSPS) is 14.5. The van der Waals surface area contributed by atoms with Gasteiger partial charge in [-0.3, -0.25) is 4.79 Å². The van der Waals surface area contributed by atoms with Crippen LogP contribution in [0, 0.1) is 5.92 Å². The molecule has 3 N–H and O–H groups in total. The first kappa shape index (κ1) is 24.3. The number of nitrogens with one attached hydrogen (secondary N) is 2. The standard InChI is InChI=1S/C26H32N2O5/c1-5-16(2)23(24(30)31)27-22(29)14-26(3,4)28-25(32)33-15-21-19-12-8-6-10-17(19)18-11-7-9-13-20(18)21/h6-13,16,21,23H,5,14-15H2,1-4H3,(H,27,29)(H,28,32)(H,30,31). The van der Waals surface area contributed by atoms with E-state index in [4.69, 9.17) is 4.74 Å². The summed E-state index contributed by atoms with van der Waals surface area (Å²) in [6.45, 7) is 7.23. The maximum Gasteiger partial charge on any atom is 0.407 e. The van der Waals surface area contributed by atoms with E-state index in [1.54, 1.807) is 20.8 Å². The minimum Gasteiger partial charge on any atom is -0.480 e. The Hall–Kier alpha value is -3.35. The minimum absolute atomic E-state index is 0.0542. The zero-order valence-electron chi connectivity index (χ0n) is 19.6. The Bertz CT molecular complexity index is 987. The van der Waals surface area contributed by atoms with Crippen molar-refractivity contribution < 1.29 is 24.2 Å². The Balaban J connectivity index is 1.58. The fraction of sp³-hybridized carbons (Fsp3) is 0.423. The molecule has 176 valence electrons. The molecule has 0 aromatic heterocycles. The molecule has 33 heavy (non-hydrogen) atoms. The third kappa shape index (κ3) is 5.72. The van der Waals surface area contributed by atoms with Gasteiger partial charge in [0, 0.05) is 17.9 Å². The van der Waals surface area contributed by atoms with Gasteiger partial charge in [-0.05, 0) is 42.0 Å². The lowest BCUT2D eigenvalue weighted by atomic mass is 9.97. The molecule has 7 nitrogen and oxygen atoms in total. The number of alkyl carbamates (subject to hydrolysis) is 1. The molecule has 1 aliphatic rings. The predicted molar refractivity (Wildman–Crippen MR) is 126 cm³/mol. The van der Waals surface area contributed by atoms with Crippen molar-refractivity contribution in [3.63, 3.8) is 0 Å². The highest BCUT2D eigenvalue weighted by molar-refractivity contribution is 5.85. The Kier molecular flexibility index (Phi) is 7.41. The first-order valence-electron chi connectivity index (χ1n) is 11.3. The van der Waals surface area contributed by atoms with Gasteiger partial charge in [0.2, 0.25) is 5.91 Å². The van der Waals surface area contributed by atoms with Crippen molar-refractivity contribution >= 4 is 18.0 Å². The predicted octanol–water partition coefficient (Wildman–Crippen LogP) is 4.31. The number of carboxylic acid groups (broad SMARTS) is 1. The van der Waals surface area contributed by atoms with E-state index < -0.39 is 29.6 Å². The van der Waals surface area contributed by atoms with Crippen LogP contribution in [0.15, 0.2) is 48.5 Å². The molecule has 0 radical (unpaired) electrons. The Morgan fingerprint density at radius 2 is 1.58 bits per heavy atom. The summed E-state index contributed by atoms with van der Waals surface area (Å²) in [6, 6.07) is 15.2. The summed E-state index contributed by atoms with van der Waals surface area (Å²) in [6.07, 6.45) is -0.0675. The lowest BCUT2D eigenvalue weighted by Gasteiger charge is -2.27. The molecule has 7 heteroatoms. The van der Waals surface area contributed by atoms with Gasteiger partial charge < -0.3 is 20.5 Å². The number of carbonyl (C=O) groups excluding carboxylic acids is 2. The van der Waals surface area contributed by atoms with E-state index in [1.165, 1.54) is 0 Å². The van der Waals surface area contributed by atoms with Crippen LogP contribution in [-0.2, 0) is 14.3 Å². The number of rotatable bonds is 9. The lowest BCUT2D eigenvalue weighted by Crippen LogP contribution is -2.51. The van der Waals surface area contributed by atoms with E-state index in [9.17, 15) is 19.5 Å². The molecule has 0 spiro atoms. The van der Waals surface area contributed by atoms with Crippen LogP contribution in [0.5, 0.6) is 0 Å². The largest absolute Gasteiger partial charge is 0.480 e. The number of hydrogen-bond donors (Lipinski definition) is 3. The van der Waals surface area contributed by atoms with Crippen LogP contribution in [0.4, 0.5) is 4.79 Å². The molecule has 0 aliphatic heterocycles. The van der Waals surface area contributed by atoms with Gasteiger partial charge in [-0.15, -0.1) is 0 Å². The maximum absolute atomic E-state index is 12.5. The van der Waals surface area contributed by atoms with Crippen molar-refractivity contribution in [1.82, 2.24) is 10.6 Å². The van der Waals surface area contributed by atoms with Gasteiger partial charge in [-0.1, -0.05) is 68.8 Å². The van der Waals surface area contributed by atoms with Crippen LogP contribution in [0.25, 0.3) is 11.1 Å². The van der Waals surface area contributed by atoms with E-state index >= 15 is 0 Å². The van der Waals surface area contributed by atoms with E-state index in [1.807, 2.05) is 43.3 Å². The third-order valence-electron chi connectivity index (χ3n) is 6.18. The van der Waals surface area contributed by atoms with Crippen LogP contribution in [0.3, 0.4) is 0 Å². The van der Waals surface area contributed by atoms with Gasteiger partial charge in [0.15, 0.2) is 0 Å². The Morgan fingerprint density at radius 3 is 2.09 bits per heavy atom. The smallest absolute Gasteiger partial charge is 0.407 e. The molecule has 3 rings (SSSR count). The van der Waals surface area contributed by atoms with Crippen molar-refractivity contribution in [2.24, 2.45) is 5.92 Å². The van der Waals surface area contributed by atoms with Crippen molar-refractivity contribution in [3.05, 3.63) is 59.7 Å². The highest BCUT2D eigenvalue weighted by Crippen LogP contribution is 2.44. The van der Waals surface area contributed by atoms with E-state index in [-0.39, 0.29) is 24.9 Å². The van der Waals surface area contributed by atoms with Crippen molar-refractivity contribution in [1.29, 1.82) is 0 Å². The molecule has 2 amide bonds. The van der Waals surface area contributed by atoms with Crippen molar-refractivity contribution in [2.75, 3.05) is 6.61 Å². The Labute approximate surface area is 194 Å². The fourth-order valence-corrected chi connectivity index (χ4v) is 4.26. The van der Waals surface area contributed by atoms with E-state index in [0.717, 1.165) is 22.3 Å². The zero-order chi connectivity index (χ0) is 24.2. The average molecular weight is 453 g/mol. The van der Waals surface area contributed by atoms with Gasteiger partial charge in [-0.25, -0.2) is 9.59 Å². The van der Waals surface area contributed by atoms with E-state index in [2.05, 4.69) is 22.8 Å². The van der Waals surface area contributed by atoms with Crippen LogP contribution in [0.2, 0.25) is 0 Å². The molecule has 0 saturated carbocycles. The summed E-state index contributed by atoms with van der Waals surface area (Å²) in [5.74, 6) is -1.77. The van der Waals surface area contributed by atoms with Gasteiger partial charge in [0.05, 0.1) is 0 Å². The number of fused-ring (bicyclic) bond motifs is 3. The average Bonchev–Trinajstić information content (AvgIpc) is 3.08. The summed E-state index contributed by atoms with van der Waals surface area (Å²) in [7, 11) is 0. The van der Waals surface area contributed by atoms with Crippen LogP contribution < -0.4 is 10.6 Å². The molecule has 2 atom stereocenters. The number of carbonyl (C=O) groups is 3. The molecule has 0 heterocycles. The quantitative estimate of drug-likeness (QED) is 0.526. The third-order valence-corrected chi connectivity index (χ3v) is 6.18. The van der Waals surface area contributed by atoms with Gasteiger partial charge >= 0.3 is 12.1 Å². The molecular formula is C26H32N2O5. The number of benzene rings is 2.